The van der Waals surface area contributed by atoms with Gasteiger partial charge >= 0.3 is 12.1 Å². The van der Waals surface area contributed by atoms with Crippen LogP contribution in [0.4, 0.5) is 4.79 Å². The van der Waals surface area contributed by atoms with Gasteiger partial charge in [-0.15, -0.1) is 0 Å². The van der Waals surface area contributed by atoms with Gasteiger partial charge in [0.2, 0.25) is 5.91 Å². The summed E-state index contributed by atoms with van der Waals surface area (Å²) in [5, 5.41) is 5.52. The molecule has 0 aliphatic carbocycles. The third kappa shape index (κ3) is 16.8. The van der Waals surface area contributed by atoms with E-state index in [2.05, 4.69) is 31.8 Å². The summed E-state index contributed by atoms with van der Waals surface area (Å²) in [6.07, 6.45) is 3.14. The highest BCUT2D eigenvalue weighted by molar-refractivity contribution is 5.82. The van der Waals surface area contributed by atoms with Crippen molar-refractivity contribution >= 4 is 18.0 Å². The normalized spacial score (nSPS) is 12.9. The number of hydrogen-bond acceptors (Lipinski definition) is 6. The quantitative estimate of drug-likeness (QED) is 0.210. The summed E-state index contributed by atoms with van der Waals surface area (Å²) in [5.74, 6) is 0.157. The maximum atomic E-state index is 12.7. The monoisotopic (exact) mass is 536 g/mol. The number of carbonyl (C=O) groups excluding carboxylic acids is 3. The van der Waals surface area contributed by atoms with Gasteiger partial charge in [0.25, 0.3) is 0 Å². The van der Waals surface area contributed by atoms with E-state index in [1.165, 1.54) is 0 Å². The predicted octanol–water partition coefficient (Wildman–Crippen LogP) is 4.23. The van der Waals surface area contributed by atoms with Gasteiger partial charge in [0.15, 0.2) is 0 Å². The Balaban J connectivity index is 2.52. The maximum absolute atomic E-state index is 12.7. The van der Waals surface area contributed by atoms with Crippen molar-refractivity contribution < 1.29 is 33.1 Å². The van der Waals surface area contributed by atoms with Crippen LogP contribution in [-0.2, 0) is 25.5 Å². The van der Waals surface area contributed by atoms with Gasteiger partial charge in [0, 0.05) is 12.8 Å². The van der Waals surface area contributed by atoms with Crippen LogP contribution in [0.5, 0.6) is 5.75 Å². The Bertz CT molecular complexity index is 880. The molecule has 1 atom stereocenters. The molecule has 9 nitrogen and oxygen atoms in total. The largest absolute Gasteiger partial charge is 0.492 e. The number of benzene rings is 1. The van der Waals surface area contributed by atoms with Crippen LogP contribution in [0.3, 0.4) is 0 Å². The summed E-state index contributed by atoms with van der Waals surface area (Å²) in [4.78, 5) is 37.1. The van der Waals surface area contributed by atoms with Crippen LogP contribution < -0.4 is 15.4 Å². The molecule has 1 rings (SSSR count). The average Bonchev–Trinajstić information content (AvgIpc) is 2.74. The Morgan fingerprint density at radius 1 is 0.868 bits per heavy atom. The van der Waals surface area contributed by atoms with E-state index >= 15 is 0 Å². The topological polar surface area (TPSA) is 103 Å². The van der Waals surface area contributed by atoms with E-state index in [1.807, 2.05) is 12.1 Å². The molecule has 1 aromatic rings. The highest BCUT2D eigenvalue weighted by atomic mass is 16.6. The SMILES string of the molecule is CC(C)(C)OC(=O)N[C@@H](Cc1ccc(OCCNC(=O)CCCCC[N+](C)(C)C)cc1)C(=O)OC(C)(C)C. The van der Waals surface area contributed by atoms with E-state index < -0.39 is 29.3 Å². The molecule has 0 bridgehead atoms. The number of ether oxygens (including phenoxy) is 3. The summed E-state index contributed by atoms with van der Waals surface area (Å²) in [7, 11) is 6.51. The Labute approximate surface area is 229 Å². The number of hydrogen-bond donors (Lipinski definition) is 2. The average molecular weight is 537 g/mol. The van der Waals surface area contributed by atoms with Gasteiger partial charge in [-0.25, -0.2) is 9.59 Å². The number of nitrogens with one attached hydrogen (secondary N) is 2. The fourth-order valence-corrected chi connectivity index (χ4v) is 3.47. The second kappa shape index (κ2) is 15.0. The number of carbonyl (C=O) groups is 3. The Morgan fingerprint density at radius 3 is 2.03 bits per heavy atom. The van der Waals surface area contributed by atoms with Crippen molar-refractivity contribution in [2.45, 2.75) is 90.9 Å². The fraction of sp³-hybridized carbons (Fsp3) is 0.690. The van der Waals surface area contributed by atoms with Crippen molar-refractivity contribution in [1.29, 1.82) is 0 Å². The second-order valence-corrected chi connectivity index (χ2v) is 12.6. The molecule has 38 heavy (non-hydrogen) atoms. The maximum Gasteiger partial charge on any atom is 0.408 e. The lowest BCUT2D eigenvalue weighted by molar-refractivity contribution is -0.870. The van der Waals surface area contributed by atoms with Crippen molar-refractivity contribution in [2.24, 2.45) is 0 Å². The minimum atomic E-state index is -0.904. The Kier molecular flexibility index (Phi) is 13.1. The molecule has 1 aromatic carbocycles. The van der Waals surface area contributed by atoms with E-state index in [4.69, 9.17) is 14.2 Å². The summed E-state index contributed by atoms with van der Waals surface area (Å²) in [6.45, 7) is 12.5. The smallest absolute Gasteiger partial charge is 0.408 e. The lowest BCUT2D eigenvalue weighted by Crippen LogP contribution is -2.47. The van der Waals surface area contributed by atoms with E-state index in [1.54, 1.807) is 53.7 Å². The number of nitrogens with zero attached hydrogens (tertiary/aromatic N) is 1. The van der Waals surface area contributed by atoms with Crippen molar-refractivity contribution in [3.63, 3.8) is 0 Å². The van der Waals surface area contributed by atoms with E-state index in [0.717, 1.165) is 35.9 Å². The van der Waals surface area contributed by atoms with Crippen LogP contribution in [-0.4, -0.2) is 80.5 Å². The van der Waals surface area contributed by atoms with Gasteiger partial charge in [-0.2, -0.15) is 0 Å². The van der Waals surface area contributed by atoms with Crippen LogP contribution in [0.1, 0.15) is 72.8 Å². The van der Waals surface area contributed by atoms with Gasteiger partial charge < -0.3 is 29.3 Å². The number of alkyl carbamates (subject to hydrolysis) is 1. The number of unbranched alkanes of at least 4 members (excludes halogenated alkanes) is 2. The summed E-state index contributed by atoms with van der Waals surface area (Å²) >= 11 is 0. The standard InChI is InChI=1S/C29H49N3O6/c1-28(2,3)37-26(34)24(31-27(35)38-29(4,5)6)21-22-14-16-23(17-15-22)36-20-18-30-25(33)13-11-10-12-19-32(7,8)9/h14-17,24H,10-13,18-21H2,1-9H3,(H-,30,31,33,35)/p+1/t24-/m0/s1. The molecule has 2 amide bonds. The van der Waals surface area contributed by atoms with Crippen molar-refractivity contribution in [2.75, 3.05) is 40.8 Å². The van der Waals surface area contributed by atoms with Gasteiger partial charge in [0.05, 0.1) is 34.2 Å². The van der Waals surface area contributed by atoms with Gasteiger partial charge in [-0.3, -0.25) is 4.79 Å². The molecule has 0 radical (unpaired) electrons. The van der Waals surface area contributed by atoms with Crippen molar-refractivity contribution in [1.82, 2.24) is 10.6 Å². The molecule has 0 heterocycles. The zero-order chi connectivity index (χ0) is 29.0. The first-order valence-electron chi connectivity index (χ1n) is 13.4. The zero-order valence-electron chi connectivity index (χ0n) is 24.9. The Morgan fingerprint density at radius 2 is 1.47 bits per heavy atom. The molecule has 0 spiro atoms. The molecule has 0 unspecified atom stereocenters. The summed E-state index contributed by atoms with van der Waals surface area (Å²) in [5.41, 5.74) is -0.557. The second-order valence-electron chi connectivity index (χ2n) is 12.6. The minimum absolute atomic E-state index is 0.0415. The highest BCUT2D eigenvalue weighted by Gasteiger charge is 2.29. The van der Waals surface area contributed by atoms with Gasteiger partial charge in [0.1, 0.15) is 29.6 Å². The number of amides is 2. The van der Waals surface area contributed by atoms with E-state index in [0.29, 0.717) is 25.3 Å². The summed E-state index contributed by atoms with van der Waals surface area (Å²) < 4.78 is 17.5. The molecule has 0 fully saturated rings. The highest BCUT2D eigenvalue weighted by Crippen LogP contribution is 2.16. The molecule has 2 N–H and O–H groups in total. The zero-order valence-corrected chi connectivity index (χ0v) is 24.9. The number of quaternary nitrogens is 1. The van der Waals surface area contributed by atoms with Gasteiger partial charge in [-0.05, 0) is 78.5 Å². The van der Waals surface area contributed by atoms with Gasteiger partial charge in [-0.1, -0.05) is 12.1 Å². The molecule has 0 aliphatic rings. The molecular weight excluding hydrogens is 486 g/mol. The van der Waals surface area contributed by atoms with Crippen LogP contribution in [0, 0.1) is 0 Å². The first kappa shape index (κ1) is 33.2. The fourth-order valence-electron chi connectivity index (χ4n) is 3.47. The third-order valence-electron chi connectivity index (χ3n) is 5.17. The number of rotatable bonds is 14. The minimum Gasteiger partial charge on any atom is -0.492 e. The third-order valence-corrected chi connectivity index (χ3v) is 5.17. The van der Waals surface area contributed by atoms with Crippen LogP contribution in [0.15, 0.2) is 24.3 Å². The van der Waals surface area contributed by atoms with Crippen LogP contribution >= 0.6 is 0 Å². The van der Waals surface area contributed by atoms with Crippen molar-refractivity contribution in [3.8, 4) is 5.75 Å². The molecule has 0 saturated carbocycles. The predicted molar refractivity (Wildman–Crippen MR) is 149 cm³/mol. The first-order chi connectivity index (χ1) is 17.4. The molecule has 9 heteroatoms. The molecule has 0 aliphatic heterocycles. The molecular formula is C29H50N3O6+. The van der Waals surface area contributed by atoms with E-state index in [9.17, 15) is 14.4 Å². The lowest BCUT2D eigenvalue weighted by Gasteiger charge is -2.26. The van der Waals surface area contributed by atoms with Crippen molar-refractivity contribution in [3.05, 3.63) is 29.8 Å². The van der Waals surface area contributed by atoms with Crippen LogP contribution in [0.25, 0.3) is 0 Å². The van der Waals surface area contributed by atoms with E-state index in [-0.39, 0.29) is 12.3 Å². The first-order valence-corrected chi connectivity index (χ1v) is 13.4. The molecule has 216 valence electrons. The Hall–Kier alpha value is -2.81. The van der Waals surface area contributed by atoms with Crippen LogP contribution in [0.2, 0.25) is 0 Å². The number of esters is 1. The molecule has 0 saturated heterocycles. The lowest BCUT2D eigenvalue weighted by atomic mass is 10.1. The molecule has 0 aromatic heterocycles. The summed E-state index contributed by atoms with van der Waals surface area (Å²) in [6, 6.07) is 6.35.